The highest BCUT2D eigenvalue weighted by atomic mass is 16.6. The van der Waals surface area contributed by atoms with Gasteiger partial charge in [-0.25, -0.2) is 10.7 Å². The lowest BCUT2D eigenvalue weighted by Gasteiger charge is -2.31. The number of rotatable bonds is 14. The van der Waals surface area contributed by atoms with Gasteiger partial charge in [-0.15, -0.1) is 0 Å². The third-order valence-electron chi connectivity index (χ3n) is 4.40. The van der Waals surface area contributed by atoms with Gasteiger partial charge in [0.25, 0.3) is 0 Å². The molecule has 0 radical (unpaired) electrons. The van der Waals surface area contributed by atoms with Gasteiger partial charge < -0.3 is 20.5 Å². The molecule has 0 aliphatic rings. The average Bonchev–Trinajstić information content (AvgIpc) is 2.58. The fraction of sp³-hybridized carbons (Fsp3) is 0.833. The van der Waals surface area contributed by atoms with E-state index in [1.54, 1.807) is 0 Å². The maximum Gasteiger partial charge on any atom is 0.334 e. The molecule has 0 aromatic heterocycles. The number of nitrogens with one attached hydrogen (secondary N) is 2. The van der Waals surface area contributed by atoms with Crippen LogP contribution in [0.4, 0.5) is 0 Å². The summed E-state index contributed by atoms with van der Waals surface area (Å²) in [5.74, 6) is 3.36. The van der Waals surface area contributed by atoms with E-state index < -0.39 is 12.1 Å². The SMILES string of the molecule is CCC(C)(CNC(C)=O)COCC(C)(C)CNC(=O)CCC(ON)C(=O)O. The number of amides is 2. The number of carboxylic acid groups (broad SMARTS) is 1. The minimum Gasteiger partial charge on any atom is -0.479 e. The van der Waals surface area contributed by atoms with E-state index in [4.69, 9.17) is 15.7 Å². The molecule has 0 saturated heterocycles. The molecule has 0 aromatic carbocycles. The van der Waals surface area contributed by atoms with Crippen LogP contribution in [0.3, 0.4) is 0 Å². The molecule has 0 aromatic rings. The zero-order chi connectivity index (χ0) is 21.1. The highest BCUT2D eigenvalue weighted by Crippen LogP contribution is 2.22. The Morgan fingerprint density at radius 2 is 1.74 bits per heavy atom. The Kier molecular flexibility index (Phi) is 11.1. The predicted octanol–water partition coefficient (Wildman–Crippen LogP) is 0.822. The van der Waals surface area contributed by atoms with Gasteiger partial charge in [-0.3, -0.25) is 14.4 Å². The van der Waals surface area contributed by atoms with Crippen LogP contribution in [-0.2, 0) is 24.0 Å². The number of carbonyl (C=O) groups is 3. The third kappa shape index (κ3) is 11.6. The summed E-state index contributed by atoms with van der Waals surface area (Å²) in [7, 11) is 0. The molecule has 0 spiro atoms. The first-order valence-electron chi connectivity index (χ1n) is 9.12. The molecule has 9 nitrogen and oxygen atoms in total. The van der Waals surface area contributed by atoms with Crippen molar-refractivity contribution in [3.63, 3.8) is 0 Å². The number of hydrogen-bond donors (Lipinski definition) is 4. The monoisotopic (exact) mass is 389 g/mol. The van der Waals surface area contributed by atoms with Gasteiger partial charge in [0, 0.05) is 37.3 Å². The first-order valence-corrected chi connectivity index (χ1v) is 9.12. The van der Waals surface area contributed by atoms with Crippen LogP contribution < -0.4 is 16.5 Å². The number of carboxylic acids is 1. The second-order valence-corrected chi connectivity index (χ2v) is 8.01. The Balaban J connectivity index is 4.26. The summed E-state index contributed by atoms with van der Waals surface area (Å²) in [4.78, 5) is 38.1. The fourth-order valence-electron chi connectivity index (χ4n) is 2.18. The number of nitrogens with two attached hydrogens (primary N) is 1. The van der Waals surface area contributed by atoms with E-state index in [0.29, 0.717) is 26.3 Å². The van der Waals surface area contributed by atoms with Gasteiger partial charge in [0.05, 0.1) is 13.2 Å². The van der Waals surface area contributed by atoms with Crippen molar-refractivity contribution in [3.05, 3.63) is 0 Å². The lowest BCUT2D eigenvalue weighted by Crippen LogP contribution is -2.40. The molecule has 0 aliphatic carbocycles. The Morgan fingerprint density at radius 3 is 2.22 bits per heavy atom. The molecule has 0 rings (SSSR count). The molecular weight excluding hydrogens is 354 g/mol. The first-order chi connectivity index (χ1) is 12.4. The predicted molar refractivity (Wildman–Crippen MR) is 101 cm³/mol. The van der Waals surface area contributed by atoms with Gasteiger partial charge in [0.15, 0.2) is 6.10 Å². The maximum atomic E-state index is 11.9. The smallest absolute Gasteiger partial charge is 0.334 e. The molecule has 9 heteroatoms. The van der Waals surface area contributed by atoms with E-state index >= 15 is 0 Å². The summed E-state index contributed by atoms with van der Waals surface area (Å²) in [6.07, 6.45) is -0.316. The summed E-state index contributed by atoms with van der Waals surface area (Å²) in [5.41, 5.74) is -0.450. The summed E-state index contributed by atoms with van der Waals surface area (Å²) < 4.78 is 5.85. The Labute approximate surface area is 161 Å². The van der Waals surface area contributed by atoms with Gasteiger partial charge in [-0.2, -0.15) is 0 Å². The van der Waals surface area contributed by atoms with Gasteiger partial charge in [0.1, 0.15) is 0 Å². The normalized spacial score (nSPS) is 14.9. The molecule has 2 amide bonds. The Bertz CT molecular complexity index is 497. The van der Waals surface area contributed by atoms with Crippen molar-refractivity contribution in [2.24, 2.45) is 16.7 Å². The minimum atomic E-state index is -1.20. The molecule has 0 saturated carbocycles. The van der Waals surface area contributed by atoms with Crippen molar-refractivity contribution in [2.75, 3.05) is 26.3 Å². The van der Waals surface area contributed by atoms with E-state index in [9.17, 15) is 14.4 Å². The van der Waals surface area contributed by atoms with Crippen LogP contribution in [-0.4, -0.2) is 55.3 Å². The Morgan fingerprint density at radius 1 is 1.11 bits per heavy atom. The molecule has 0 aliphatic heterocycles. The number of aliphatic carboxylic acids is 1. The number of ether oxygens (including phenoxy) is 1. The van der Waals surface area contributed by atoms with Crippen LogP contribution in [0.5, 0.6) is 0 Å². The quantitative estimate of drug-likeness (QED) is 0.322. The van der Waals surface area contributed by atoms with Crippen molar-refractivity contribution in [2.45, 2.75) is 60.0 Å². The van der Waals surface area contributed by atoms with E-state index in [2.05, 4.69) is 22.4 Å². The zero-order valence-corrected chi connectivity index (χ0v) is 17.1. The summed E-state index contributed by atoms with van der Waals surface area (Å²) in [6, 6.07) is 0. The summed E-state index contributed by atoms with van der Waals surface area (Å²) in [5, 5.41) is 14.4. The van der Waals surface area contributed by atoms with Crippen LogP contribution in [0.15, 0.2) is 0 Å². The van der Waals surface area contributed by atoms with E-state index in [0.717, 1.165) is 6.42 Å². The lowest BCUT2D eigenvalue weighted by molar-refractivity contribution is -0.151. The largest absolute Gasteiger partial charge is 0.479 e. The maximum absolute atomic E-state index is 11.9. The molecule has 2 atom stereocenters. The standard InChI is InChI=1S/C18H35N3O6/c1-6-18(5,10-20-13(2)22)12-26-11-17(3,4)9-21-15(23)8-7-14(27-19)16(24)25/h14H,6-12,19H2,1-5H3,(H,20,22)(H,21,23)(H,24,25). The number of carbonyl (C=O) groups excluding carboxylic acids is 2. The lowest BCUT2D eigenvalue weighted by atomic mass is 9.88. The van der Waals surface area contributed by atoms with E-state index in [-0.39, 0.29) is 35.5 Å². The molecular formula is C18H35N3O6. The molecule has 0 bridgehead atoms. The van der Waals surface area contributed by atoms with E-state index in [1.807, 2.05) is 20.8 Å². The van der Waals surface area contributed by atoms with Crippen LogP contribution in [0.25, 0.3) is 0 Å². The van der Waals surface area contributed by atoms with Crippen molar-refractivity contribution in [1.82, 2.24) is 10.6 Å². The molecule has 0 fully saturated rings. The molecule has 0 heterocycles. The van der Waals surface area contributed by atoms with Gasteiger partial charge in [0.2, 0.25) is 11.8 Å². The highest BCUT2D eigenvalue weighted by molar-refractivity contribution is 5.78. The van der Waals surface area contributed by atoms with Gasteiger partial charge in [-0.1, -0.05) is 27.7 Å². The van der Waals surface area contributed by atoms with Crippen molar-refractivity contribution in [1.29, 1.82) is 0 Å². The van der Waals surface area contributed by atoms with Crippen molar-refractivity contribution >= 4 is 17.8 Å². The van der Waals surface area contributed by atoms with Crippen LogP contribution >= 0.6 is 0 Å². The van der Waals surface area contributed by atoms with Gasteiger partial charge in [-0.05, 0) is 12.8 Å². The van der Waals surface area contributed by atoms with Crippen molar-refractivity contribution in [3.8, 4) is 0 Å². The van der Waals surface area contributed by atoms with Crippen molar-refractivity contribution < 1.29 is 29.1 Å². The molecule has 158 valence electrons. The number of hydrogen-bond acceptors (Lipinski definition) is 6. The second kappa shape index (κ2) is 11.9. The molecule has 2 unspecified atom stereocenters. The van der Waals surface area contributed by atoms with Crippen LogP contribution in [0, 0.1) is 10.8 Å². The molecule has 5 N–H and O–H groups in total. The zero-order valence-electron chi connectivity index (χ0n) is 17.1. The summed E-state index contributed by atoms with van der Waals surface area (Å²) >= 11 is 0. The average molecular weight is 389 g/mol. The minimum absolute atomic E-state index is 0.00655. The molecule has 27 heavy (non-hydrogen) atoms. The topological polar surface area (TPSA) is 140 Å². The second-order valence-electron chi connectivity index (χ2n) is 8.01. The Hall–Kier alpha value is -1.71. The highest BCUT2D eigenvalue weighted by Gasteiger charge is 2.26. The van der Waals surface area contributed by atoms with Crippen LogP contribution in [0.2, 0.25) is 0 Å². The fourth-order valence-corrected chi connectivity index (χ4v) is 2.18. The van der Waals surface area contributed by atoms with Crippen LogP contribution in [0.1, 0.15) is 53.9 Å². The van der Waals surface area contributed by atoms with Gasteiger partial charge >= 0.3 is 5.97 Å². The third-order valence-corrected chi connectivity index (χ3v) is 4.40. The summed E-state index contributed by atoms with van der Waals surface area (Å²) in [6.45, 7) is 11.4. The van der Waals surface area contributed by atoms with E-state index in [1.165, 1.54) is 6.92 Å². The first kappa shape index (κ1) is 25.3.